The van der Waals surface area contributed by atoms with Gasteiger partial charge < -0.3 is 9.64 Å². The third-order valence-corrected chi connectivity index (χ3v) is 7.38. The van der Waals surface area contributed by atoms with Crippen molar-refractivity contribution in [2.24, 2.45) is 5.92 Å². The van der Waals surface area contributed by atoms with Crippen LogP contribution in [0.1, 0.15) is 38.9 Å². The summed E-state index contributed by atoms with van der Waals surface area (Å²) in [6, 6.07) is 12.1. The molecule has 4 heterocycles. The Balaban J connectivity index is 1.55. The number of amides is 1. The van der Waals surface area contributed by atoms with E-state index in [2.05, 4.69) is 39.3 Å². The number of nitrogens with zero attached hydrogens (tertiary/aromatic N) is 5. The molecule has 7 nitrogen and oxygen atoms in total. The first-order valence-electron chi connectivity index (χ1n) is 11.0. The lowest BCUT2D eigenvalue weighted by atomic mass is 9.73. The normalized spacial score (nSPS) is 21.7. The number of hydrogen-bond acceptors (Lipinski definition) is 6. The Kier molecular flexibility index (Phi) is 5.73. The molecule has 3 fully saturated rings. The number of thioether (sulfide) groups is 1. The van der Waals surface area contributed by atoms with Crippen LogP contribution in [-0.2, 0) is 4.74 Å². The maximum absolute atomic E-state index is 12.8. The SMILES string of the molecule is CSc1ccccc1-n1nc(-c2ccc(Br)cn2)nc1[C@@H]1[C@H]2C[C@@H]1N(C(=O)OC(C)(C)C)C2. The van der Waals surface area contributed by atoms with Crippen LogP contribution in [0.4, 0.5) is 4.79 Å². The molecule has 3 atom stereocenters. The van der Waals surface area contributed by atoms with Crippen LogP contribution in [0.25, 0.3) is 17.2 Å². The van der Waals surface area contributed by atoms with Crippen LogP contribution in [0.15, 0.2) is 52.0 Å². The van der Waals surface area contributed by atoms with E-state index in [1.807, 2.05) is 54.6 Å². The van der Waals surface area contributed by atoms with Crippen molar-refractivity contribution >= 4 is 33.8 Å². The Hall–Kier alpha value is -2.39. The lowest BCUT2D eigenvalue weighted by Crippen LogP contribution is -2.42. The van der Waals surface area contributed by atoms with Gasteiger partial charge in [-0.15, -0.1) is 16.9 Å². The quantitative estimate of drug-likeness (QED) is 0.415. The highest BCUT2D eigenvalue weighted by molar-refractivity contribution is 9.10. The smallest absolute Gasteiger partial charge is 0.410 e. The summed E-state index contributed by atoms with van der Waals surface area (Å²) < 4.78 is 8.52. The summed E-state index contributed by atoms with van der Waals surface area (Å²) in [5.41, 5.74) is 1.19. The van der Waals surface area contributed by atoms with Gasteiger partial charge in [0.25, 0.3) is 0 Å². The Labute approximate surface area is 206 Å². The molecule has 3 aliphatic rings. The van der Waals surface area contributed by atoms with Gasteiger partial charge in [0.05, 0.1) is 5.69 Å². The van der Waals surface area contributed by atoms with Crippen molar-refractivity contribution in [1.82, 2.24) is 24.6 Å². The third-order valence-electron chi connectivity index (χ3n) is 6.13. The van der Waals surface area contributed by atoms with Crippen LogP contribution in [0.2, 0.25) is 0 Å². The van der Waals surface area contributed by atoms with E-state index in [0.29, 0.717) is 18.3 Å². The first kappa shape index (κ1) is 22.4. The number of aromatic nitrogens is 4. The highest BCUT2D eigenvalue weighted by atomic mass is 79.9. The van der Waals surface area contributed by atoms with E-state index < -0.39 is 5.60 Å². The van der Waals surface area contributed by atoms with E-state index in [1.165, 1.54) is 0 Å². The number of ether oxygens (including phenoxy) is 1. The molecule has 6 rings (SSSR count). The van der Waals surface area contributed by atoms with Crippen LogP contribution in [-0.4, -0.2) is 55.2 Å². The molecule has 2 aromatic heterocycles. The minimum atomic E-state index is -0.517. The Morgan fingerprint density at radius 1 is 1.21 bits per heavy atom. The van der Waals surface area contributed by atoms with Crippen LogP contribution in [0.3, 0.4) is 0 Å². The topological polar surface area (TPSA) is 73.1 Å². The Morgan fingerprint density at radius 2 is 2.00 bits per heavy atom. The molecule has 33 heavy (non-hydrogen) atoms. The molecule has 172 valence electrons. The standard InChI is InChI=1S/C24H26BrN5O2S/c1-24(2,3)32-23(31)29-13-14-11-18(29)20(14)22-27-21(16-10-9-15(25)12-26-16)28-30(22)17-7-5-6-8-19(17)33-4/h5-10,12,14,18,20H,11,13H2,1-4H3/t14-,18-,20+/m0/s1. The molecule has 2 bridgehead atoms. The van der Waals surface area contributed by atoms with Crippen molar-refractivity contribution in [1.29, 1.82) is 0 Å². The predicted molar refractivity (Wildman–Crippen MR) is 132 cm³/mol. The molecule has 1 saturated carbocycles. The fourth-order valence-electron chi connectivity index (χ4n) is 4.67. The molecule has 0 spiro atoms. The molecule has 3 aromatic rings. The summed E-state index contributed by atoms with van der Waals surface area (Å²) in [7, 11) is 0. The second kappa shape index (κ2) is 8.43. The van der Waals surface area contributed by atoms with Crippen molar-refractivity contribution in [2.75, 3.05) is 12.8 Å². The first-order valence-corrected chi connectivity index (χ1v) is 13.0. The maximum atomic E-state index is 12.8. The summed E-state index contributed by atoms with van der Waals surface area (Å²) in [4.78, 5) is 25.3. The summed E-state index contributed by atoms with van der Waals surface area (Å²) in [5.74, 6) is 1.92. The molecule has 0 unspecified atom stereocenters. The Bertz CT molecular complexity index is 1190. The number of halogens is 1. The van der Waals surface area contributed by atoms with E-state index in [0.717, 1.165) is 33.0 Å². The molecule has 1 aromatic carbocycles. The highest BCUT2D eigenvalue weighted by Crippen LogP contribution is 2.52. The lowest BCUT2D eigenvalue weighted by molar-refractivity contribution is 0.0230. The van der Waals surface area contributed by atoms with E-state index in [4.69, 9.17) is 14.8 Å². The summed E-state index contributed by atoms with van der Waals surface area (Å²) in [5, 5.41) is 4.90. The number of pyridine rings is 1. The molecular formula is C24H26BrN5O2S. The summed E-state index contributed by atoms with van der Waals surface area (Å²) in [6.45, 7) is 6.38. The summed E-state index contributed by atoms with van der Waals surface area (Å²) >= 11 is 5.12. The minimum Gasteiger partial charge on any atom is -0.444 e. The van der Waals surface area contributed by atoms with Gasteiger partial charge in [0.15, 0.2) is 5.82 Å². The minimum absolute atomic E-state index is 0.0694. The van der Waals surface area contributed by atoms with Crippen LogP contribution >= 0.6 is 27.7 Å². The maximum Gasteiger partial charge on any atom is 0.410 e. The second-order valence-corrected chi connectivity index (χ2v) is 11.2. The summed E-state index contributed by atoms with van der Waals surface area (Å²) in [6.07, 6.45) is 4.53. The van der Waals surface area contributed by atoms with E-state index in [1.54, 1.807) is 18.0 Å². The van der Waals surface area contributed by atoms with Crippen molar-refractivity contribution < 1.29 is 9.53 Å². The van der Waals surface area contributed by atoms with Crippen LogP contribution in [0, 0.1) is 5.92 Å². The van der Waals surface area contributed by atoms with Gasteiger partial charge in [-0.1, -0.05) is 12.1 Å². The number of rotatable bonds is 4. The van der Waals surface area contributed by atoms with E-state index in [9.17, 15) is 4.79 Å². The average Bonchev–Trinajstić information content (AvgIpc) is 3.47. The van der Waals surface area contributed by atoms with E-state index >= 15 is 0 Å². The number of fused-ring (bicyclic) bond motifs is 1. The van der Waals surface area contributed by atoms with Crippen molar-refractivity contribution in [2.45, 2.75) is 49.6 Å². The first-order chi connectivity index (χ1) is 15.7. The average molecular weight is 528 g/mol. The van der Waals surface area contributed by atoms with E-state index in [-0.39, 0.29) is 18.1 Å². The van der Waals surface area contributed by atoms with Gasteiger partial charge in [0.1, 0.15) is 17.1 Å². The third kappa shape index (κ3) is 4.17. The Morgan fingerprint density at radius 3 is 2.70 bits per heavy atom. The van der Waals surface area contributed by atoms with Crippen LogP contribution < -0.4 is 0 Å². The largest absolute Gasteiger partial charge is 0.444 e. The highest BCUT2D eigenvalue weighted by Gasteiger charge is 2.57. The van der Waals surface area contributed by atoms with Crippen molar-refractivity contribution in [3.05, 3.63) is 52.9 Å². The van der Waals surface area contributed by atoms with Gasteiger partial charge in [0, 0.05) is 34.1 Å². The molecule has 2 aliphatic heterocycles. The van der Waals surface area contributed by atoms with Gasteiger partial charge in [-0.2, -0.15) is 0 Å². The number of carbonyl (C=O) groups is 1. The molecule has 2 saturated heterocycles. The molecule has 9 heteroatoms. The second-order valence-electron chi connectivity index (χ2n) is 9.46. The van der Waals surface area contributed by atoms with Crippen molar-refractivity contribution in [3.63, 3.8) is 0 Å². The zero-order valence-electron chi connectivity index (χ0n) is 19.0. The fourth-order valence-corrected chi connectivity index (χ4v) is 5.48. The van der Waals surface area contributed by atoms with Gasteiger partial charge in [0.2, 0.25) is 0 Å². The van der Waals surface area contributed by atoms with Gasteiger partial charge >= 0.3 is 6.09 Å². The molecule has 0 radical (unpaired) electrons. The predicted octanol–water partition coefficient (Wildman–Crippen LogP) is 5.54. The van der Waals surface area contributed by atoms with Crippen LogP contribution in [0.5, 0.6) is 0 Å². The molecule has 1 aliphatic carbocycles. The van der Waals surface area contributed by atoms with Crippen molar-refractivity contribution in [3.8, 4) is 17.2 Å². The number of hydrogen-bond donors (Lipinski definition) is 0. The van der Waals surface area contributed by atoms with Gasteiger partial charge in [-0.05, 0) is 79.6 Å². The van der Waals surface area contributed by atoms with Gasteiger partial charge in [-0.3, -0.25) is 4.98 Å². The number of carbonyl (C=O) groups excluding carboxylic acids is 1. The molecule has 0 N–H and O–H groups in total. The molecular weight excluding hydrogens is 502 g/mol. The molecule has 1 amide bonds. The number of para-hydroxylation sites is 1. The zero-order chi connectivity index (χ0) is 23.3. The fraction of sp³-hybridized carbons (Fsp3) is 0.417. The zero-order valence-corrected chi connectivity index (χ0v) is 21.4. The lowest BCUT2D eigenvalue weighted by Gasteiger charge is -2.36. The monoisotopic (exact) mass is 527 g/mol. The van der Waals surface area contributed by atoms with Gasteiger partial charge in [-0.25, -0.2) is 14.5 Å². The number of benzene rings is 1.